The van der Waals surface area contributed by atoms with Crippen molar-refractivity contribution in [3.8, 4) is 0 Å². The first-order valence-electron chi connectivity index (χ1n) is 10.6. The zero-order chi connectivity index (χ0) is 21.5. The van der Waals surface area contributed by atoms with E-state index in [1.165, 1.54) is 12.1 Å². The summed E-state index contributed by atoms with van der Waals surface area (Å²) in [7, 11) is 0. The minimum atomic E-state index is -0.515. The van der Waals surface area contributed by atoms with Crippen molar-refractivity contribution in [1.29, 1.82) is 0 Å². The highest BCUT2D eigenvalue weighted by Gasteiger charge is 2.25. The van der Waals surface area contributed by atoms with E-state index >= 15 is 0 Å². The average molecular weight is 419 g/mol. The summed E-state index contributed by atoms with van der Waals surface area (Å²) in [5.74, 6) is -0.251. The molecule has 0 aliphatic carbocycles. The normalized spacial score (nSPS) is 16.7. The van der Waals surface area contributed by atoms with Gasteiger partial charge in [0.1, 0.15) is 11.9 Å². The van der Waals surface area contributed by atoms with Gasteiger partial charge >= 0.3 is 0 Å². The monoisotopic (exact) mass is 418 g/mol. The summed E-state index contributed by atoms with van der Waals surface area (Å²) in [5, 5.41) is 15.0. The van der Waals surface area contributed by atoms with Crippen molar-refractivity contribution in [2.24, 2.45) is 5.16 Å². The lowest BCUT2D eigenvalue weighted by molar-refractivity contribution is 0.0322. The van der Waals surface area contributed by atoms with Crippen LogP contribution in [0.2, 0.25) is 0 Å². The Morgan fingerprint density at radius 1 is 0.935 bits per heavy atom. The predicted molar refractivity (Wildman–Crippen MR) is 120 cm³/mol. The topological polar surface area (TPSA) is 45.1 Å². The molecular formula is C26H27FN2O2. The van der Waals surface area contributed by atoms with Crippen molar-refractivity contribution in [2.45, 2.75) is 31.6 Å². The van der Waals surface area contributed by atoms with Gasteiger partial charge in [-0.1, -0.05) is 78.0 Å². The van der Waals surface area contributed by atoms with E-state index in [4.69, 9.17) is 4.84 Å². The molecule has 0 radical (unpaired) electrons. The summed E-state index contributed by atoms with van der Waals surface area (Å²) in [4.78, 5) is 7.87. The van der Waals surface area contributed by atoms with Crippen molar-refractivity contribution in [3.05, 3.63) is 107 Å². The summed E-state index contributed by atoms with van der Waals surface area (Å²) >= 11 is 0. The number of benzene rings is 3. The molecule has 0 aromatic heterocycles. The highest BCUT2D eigenvalue weighted by Crippen LogP contribution is 2.19. The maximum Gasteiger partial charge on any atom is 0.145 e. The van der Waals surface area contributed by atoms with Gasteiger partial charge in [0.05, 0.1) is 11.8 Å². The van der Waals surface area contributed by atoms with Crippen LogP contribution in [0.5, 0.6) is 0 Å². The largest absolute Gasteiger partial charge is 0.391 e. The Bertz CT molecular complexity index is 977. The first-order chi connectivity index (χ1) is 15.2. The molecule has 0 amide bonds. The van der Waals surface area contributed by atoms with Gasteiger partial charge in [-0.15, -0.1) is 0 Å². The molecule has 4 nitrogen and oxygen atoms in total. The smallest absolute Gasteiger partial charge is 0.145 e. The van der Waals surface area contributed by atoms with Gasteiger partial charge in [0, 0.05) is 26.1 Å². The van der Waals surface area contributed by atoms with Crippen LogP contribution in [0.4, 0.5) is 4.39 Å². The van der Waals surface area contributed by atoms with Crippen molar-refractivity contribution >= 4 is 5.71 Å². The highest BCUT2D eigenvalue weighted by atomic mass is 19.1. The number of hydrogen-bond donors (Lipinski definition) is 1. The fourth-order valence-electron chi connectivity index (χ4n) is 3.92. The van der Waals surface area contributed by atoms with Gasteiger partial charge < -0.3 is 9.94 Å². The predicted octanol–water partition coefficient (Wildman–Crippen LogP) is 4.42. The summed E-state index contributed by atoms with van der Waals surface area (Å²) in [6.45, 7) is 1.72. The zero-order valence-corrected chi connectivity index (χ0v) is 17.4. The number of hydrogen-bond acceptors (Lipinski definition) is 4. The van der Waals surface area contributed by atoms with Crippen LogP contribution in [0, 0.1) is 5.82 Å². The van der Waals surface area contributed by atoms with Crippen molar-refractivity contribution in [2.75, 3.05) is 13.1 Å². The maximum atomic E-state index is 13.3. The standard InChI is InChI=1S/C26H27FN2O2/c27-23-13-11-21(12-14-23)17-29(18-24(30)15-20-7-3-1-4-8-20)19-25-16-26(28-31-25)22-9-5-2-6-10-22/h1-14,24-25,30H,15-19H2/t24-,25-/m1/s1. The summed E-state index contributed by atoms with van der Waals surface area (Å²) in [6, 6.07) is 26.5. The Hall–Kier alpha value is -3.02. The zero-order valence-electron chi connectivity index (χ0n) is 17.4. The molecule has 5 heteroatoms. The first-order valence-corrected chi connectivity index (χ1v) is 10.6. The Morgan fingerprint density at radius 3 is 2.32 bits per heavy atom. The third-order valence-corrected chi connectivity index (χ3v) is 5.40. The number of aliphatic hydroxyl groups excluding tert-OH is 1. The lowest BCUT2D eigenvalue weighted by atomic mass is 10.0. The molecule has 3 aromatic carbocycles. The van der Waals surface area contributed by atoms with Crippen LogP contribution in [0.15, 0.2) is 90.1 Å². The van der Waals surface area contributed by atoms with E-state index in [-0.39, 0.29) is 11.9 Å². The Kier molecular flexibility index (Phi) is 7.07. The van der Waals surface area contributed by atoms with Crippen molar-refractivity contribution in [3.63, 3.8) is 0 Å². The van der Waals surface area contributed by atoms with Crippen LogP contribution in [0.3, 0.4) is 0 Å². The van der Waals surface area contributed by atoms with Crippen molar-refractivity contribution < 1.29 is 14.3 Å². The fraction of sp³-hybridized carbons (Fsp3) is 0.269. The number of nitrogens with zero attached hydrogens (tertiary/aromatic N) is 2. The molecule has 1 aliphatic rings. The molecule has 0 saturated heterocycles. The number of aliphatic hydroxyl groups is 1. The minimum absolute atomic E-state index is 0.0837. The molecule has 1 heterocycles. The molecule has 1 aliphatic heterocycles. The van der Waals surface area contributed by atoms with Gasteiger partial charge in [-0.2, -0.15) is 0 Å². The van der Waals surface area contributed by atoms with Crippen LogP contribution in [0.25, 0.3) is 0 Å². The highest BCUT2D eigenvalue weighted by molar-refractivity contribution is 6.01. The molecule has 2 atom stereocenters. The molecule has 4 rings (SSSR count). The van der Waals surface area contributed by atoms with E-state index in [9.17, 15) is 9.50 Å². The summed E-state index contributed by atoms with van der Waals surface area (Å²) < 4.78 is 13.3. The SMILES string of the molecule is O[C@H](Cc1ccccc1)CN(Cc1ccc(F)cc1)C[C@H]1CC(c2ccccc2)=NO1. The average Bonchev–Trinajstić information content (AvgIpc) is 3.25. The Morgan fingerprint density at radius 2 is 1.61 bits per heavy atom. The van der Waals surface area contributed by atoms with Gasteiger partial charge in [-0.3, -0.25) is 4.90 Å². The number of rotatable bonds is 9. The third-order valence-electron chi connectivity index (χ3n) is 5.40. The Balaban J connectivity index is 1.40. The Labute approximate surface area is 182 Å². The number of oxime groups is 1. The molecule has 0 spiro atoms. The lowest BCUT2D eigenvalue weighted by Crippen LogP contribution is -2.38. The molecule has 0 unspecified atom stereocenters. The molecule has 1 N–H and O–H groups in total. The quantitative estimate of drug-likeness (QED) is 0.559. The van der Waals surface area contributed by atoms with Gasteiger partial charge in [0.25, 0.3) is 0 Å². The van der Waals surface area contributed by atoms with Crippen LogP contribution < -0.4 is 0 Å². The van der Waals surface area contributed by atoms with E-state index < -0.39 is 6.10 Å². The van der Waals surface area contributed by atoms with E-state index in [1.54, 1.807) is 12.1 Å². The lowest BCUT2D eigenvalue weighted by Gasteiger charge is -2.27. The van der Waals surface area contributed by atoms with Crippen LogP contribution in [-0.4, -0.2) is 41.0 Å². The third kappa shape index (κ3) is 6.23. The second-order valence-electron chi connectivity index (χ2n) is 8.00. The second kappa shape index (κ2) is 10.3. The van der Waals surface area contributed by atoms with Gasteiger partial charge in [0.2, 0.25) is 0 Å². The van der Waals surface area contributed by atoms with Gasteiger partial charge in [-0.05, 0) is 35.2 Å². The van der Waals surface area contributed by atoms with E-state index in [0.717, 1.165) is 28.8 Å². The molecule has 3 aromatic rings. The van der Waals surface area contributed by atoms with Crippen LogP contribution >= 0.6 is 0 Å². The van der Waals surface area contributed by atoms with Gasteiger partial charge in [0.15, 0.2) is 0 Å². The molecule has 31 heavy (non-hydrogen) atoms. The molecule has 160 valence electrons. The number of halogens is 1. The molecule has 0 saturated carbocycles. The molecular weight excluding hydrogens is 391 g/mol. The fourth-order valence-corrected chi connectivity index (χ4v) is 3.92. The maximum absolute atomic E-state index is 13.3. The van der Waals surface area contributed by atoms with Crippen LogP contribution in [0.1, 0.15) is 23.1 Å². The second-order valence-corrected chi connectivity index (χ2v) is 8.00. The van der Waals surface area contributed by atoms with Gasteiger partial charge in [-0.25, -0.2) is 4.39 Å². The minimum Gasteiger partial charge on any atom is -0.391 e. The van der Waals surface area contributed by atoms with Crippen molar-refractivity contribution in [1.82, 2.24) is 4.90 Å². The summed E-state index contributed by atoms with van der Waals surface area (Å²) in [6.07, 6.45) is 0.704. The van der Waals surface area contributed by atoms with E-state index in [0.29, 0.717) is 26.1 Å². The van der Waals surface area contributed by atoms with E-state index in [1.807, 2.05) is 60.7 Å². The molecule has 0 bridgehead atoms. The summed E-state index contributed by atoms with van der Waals surface area (Å²) in [5.41, 5.74) is 4.11. The first kappa shape index (κ1) is 21.2. The van der Waals surface area contributed by atoms with Crippen LogP contribution in [-0.2, 0) is 17.8 Å². The molecule has 0 fully saturated rings. The van der Waals surface area contributed by atoms with E-state index in [2.05, 4.69) is 10.1 Å².